The highest BCUT2D eigenvalue weighted by Gasteiger charge is 2.24. The Morgan fingerprint density at radius 3 is 2.79 bits per heavy atom. The lowest BCUT2D eigenvalue weighted by Crippen LogP contribution is -2.27. The number of allylic oxidation sites excluding steroid dienone is 1. The van der Waals surface area contributed by atoms with Crippen molar-refractivity contribution < 1.29 is 14.6 Å². The molecule has 14 heavy (non-hydrogen) atoms. The van der Waals surface area contributed by atoms with Gasteiger partial charge in [-0.25, -0.2) is 4.79 Å². The van der Waals surface area contributed by atoms with Gasteiger partial charge in [-0.3, -0.25) is 0 Å². The van der Waals surface area contributed by atoms with Crippen molar-refractivity contribution in [3.05, 3.63) is 22.6 Å². The van der Waals surface area contributed by atoms with Gasteiger partial charge in [0.15, 0.2) is 0 Å². The molecule has 0 aromatic rings. The van der Waals surface area contributed by atoms with Crippen molar-refractivity contribution in [3.63, 3.8) is 0 Å². The Labute approximate surface area is 91.8 Å². The number of carboxylic acids is 1. The number of methoxy groups -OCH3 is 1. The molecule has 0 radical (unpaired) electrons. The van der Waals surface area contributed by atoms with Crippen molar-refractivity contribution in [1.29, 1.82) is 0 Å². The van der Waals surface area contributed by atoms with Crippen LogP contribution >= 0.6 is 24.0 Å². The zero-order chi connectivity index (χ0) is 10.7. The van der Waals surface area contributed by atoms with Crippen molar-refractivity contribution in [2.45, 2.75) is 6.10 Å². The zero-order valence-electron chi connectivity index (χ0n) is 7.81. The van der Waals surface area contributed by atoms with Gasteiger partial charge < -0.3 is 9.84 Å². The summed E-state index contributed by atoms with van der Waals surface area (Å²) in [5, 5.41) is 8.89. The Kier molecular flexibility index (Phi) is 3.86. The van der Waals surface area contributed by atoms with Crippen LogP contribution in [0.4, 0.5) is 0 Å². The second-order valence-electron chi connectivity index (χ2n) is 2.66. The van der Waals surface area contributed by atoms with Gasteiger partial charge in [0.1, 0.15) is 6.10 Å². The first-order chi connectivity index (χ1) is 6.60. The molecular formula is C9H10O3S2. The molecule has 1 aliphatic carbocycles. The summed E-state index contributed by atoms with van der Waals surface area (Å²) in [6.45, 7) is 0. The molecule has 1 unspecified atom stereocenters. The van der Waals surface area contributed by atoms with E-state index in [9.17, 15) is 4.79 Å². The number of hydrogen-bond donors (Lipinski definition) is 1. The monoisotopic (exact) mass is 230 g/mol. The highest BCUT2D eigenvalue weighted by atomic mass is 32.2. The molecule has 0 saturated carbocycles. The third-order valence-corrected chi connectivity index (χ3v) is 3.02. The summed E-state index contributed by atoms with van der Waals surface area (Å²) < 4.78 is 5.08. The van der Waals surface area contributed by atoms with Crippen LogP contribution in [0.5, 0.6) is 0 Å². The fraction of sp³-hybridized carbons (Fsp3) is 0.333. The highest BCUT2D eigenvalue weighted by molar-refractivity contribution is 8.02. The smallest absolute Gasteiger partial charge is 0.336 e. The number of aliphatic carboxylic acids is 1. The van der Waals surface area contributed by atoms with Gasteiger partial charge in [-0.1, -0.05) is 12.2 Å². The van der Waals surface area contributed by atoms with E-state index in [-0.39, 0.29) is 5.57 Å². The van der Waals surface area contributed by atoms with Crippen LogP contribution in [-0.2, 0) is 9.53 Å². The second kappa shape index (κ2) is 4.72. The molecule has 5 heteroatoms. The summed E-state index contributed by atoms with van der Waals surface area (Å²) in [7, 11) is 1.51. The zero-order valence-corrected chi connectivity index (χ0v) is 9.45. The predicted octanol–water partition coefficient (Wildman–Crippen LogP) is 1.64. The first-order valence-corrected chi connectivity index (χ1v) is 5.51. The van der Waals surface area contributed by atoms with Gasteiger partial charge in [0, 0.05) is 12.0 Å². The normalized spacial score (nSPS) is 21.6. The Morgan fingerprint density at radius 2 is 2.36 bits per heavy atom. The van der Waals surface area contributed by atoms with Crippen molar-refractivity contribution in [1.82, 2.24) is 0 Å². The fourth-order valence-corrected chi connectivity index (χ4v) is 1.91. The summed E-state index contributed by atoms with van der Waals surface area (Å²) in [6, 6.07) is 0. The highest BCUT2D eigenvalue weighted by Crippen LogP contribution is 2.24. The molecule has 1 N–H and O–H groups in total. The van der Waals surface area contributed by atoms with Crippen LogP contribution < -0.4 is 0 Å². The number of carboxylic acid groups (broad SMARTS) is 1. The maximum Gasteiger partial charge on any atom is 0.336 e. The minimum absolute atomic E-state index is 0.152. The molecule has 1 rings (SSSR count). The number of rotatable bonds is 3. The Hall–Kier alpha value is -0.650. The quantitative estimate of drug-likeness (QED) is 0.747. The average molecular weight is 230 g/mol. The van der Waals surface area contributed by atoms with E-state index in [0.29, 0.717) is 4.86 Å². The van der Waals surface area contributed by atoms with E-state index < -0.39 is 12.1 Å². The van der Waals surface area contributed by atoms with E-state index in [4.69, 9.17) is 22.1 Å². The molecular weight excluding hydrogens is 220 g/mol. The van der Waals surface area contributed by atoms with E-state index in [1.54, 1.807) is 6.08 Å². The van der Waals surface area contributed by atoms with Gasteiger partial charge in [0.25, 0.3) is 0 Å². The fourth-order valence-electron chi connectivity index (χ4n) is 1.11. The topological polar surface area (TPSA) is 46.5 Å². The molecule has 0 heterocycles. The molecule has 0 amide bonds. The predicted molar refractivity (Wildman–Crippen MR) is 60.7 cm³/mol. The summed E-state index contributed by atoms with van der Waals surface area (Å²) in [4.78, 5) is 12.0. The van der Waals surface area contributed by atoms with Crippen molar-refractivity contribution >= 4 is 34.8 Å². The van der Waals surface area contributed by atoms with E-state index in [0.717, 1.165) is 4.91 Å². The molecule has 0 bridgehead atoms. The van der Waals surface area contributed by atoms with Crippen LogP contribution in [0.3, 0.4) is 0 Å². The van der Waals surface area contributed by atoms with Gasteiger partial charge >= 0.3 is 5.97 Å². The van der Waals surface area contributed by atoms with E-state index in [2.05, 4.69) is 0 Å². The molecule has 0 aromatic heterocycles. The summed E-state index contributed by atoms with van der Waals surface area (Å²) in [5.74, 6) is -1.00. The number of thioether (sulfide) groups is 1. The lowest BCUT2D eigenvalue weighted by Gasteiger charge is -2.18. The number of thiocarbonyl (C=S) groups is 1. The molecule has 0 aromatic carbocycles. The third-order valence-electron chi connectivity index (χ3n) is 1.85. The lowest BCUT2D eigenvalue weighted by atomic mass is 10.0. The summed E-state index contributed by atoms with van der Waals surface area (Å²) >= 11 is 6.47. The maximum atomic E-state index is 10.8. The molecule has 3 nitrogen and oxygen atoms in total. The van der Waals surface area contributed by atoms with Crippen LogP contribution in [0.15, 0.2) is 22.6 Å². The maximum absolute atomic E-state index is 10.8. The largest absolute Gasteiger partial charge is 0.478 e. The molecule has 76 valence electrons. The van der Waals surface area contributed by atoms with Gasteiger partial charge in [0.2, 0.25) is 0 Å². The van der Waals surface area contributed by atoms with Crippen molar-refractivity contribution in [3.8, 4) is 0 Å². The first-order valence-electron chi connectivity index (χ1n) is 3.88. The van der Waals surface area contributed by atoms with E-state index in [1.165, 1.54) is 18.9 Å². The second-order valence-corrected chi connectivity index (χ2v) is 3.98. The number of carbonyl (C=O) groups is 1. The number of hydrogen-bond acceptors (Lipinski definition) is 4. The minimum Gasteiger partial charge on any atom is -0.478 e. The minimum atomic E-state index is -1.00. The molecule has 0 aliphatic heterocycles. The lowest BCUT2D eigenvalue weighted by molar-refractivity contribution is -0.132. The molecule has 0 fully saturated rings. The van der Waals surface area contributed by atoms with Gasteiger partial charge in [-0.2, -0.15) is 0 Å². The molecule has 1 atom stereocenters. The van der Waals surface area contributed by atoms with Crippen LogP contribution in [0.2, 0.25) is 0 Å². The van der Waals surface area contributed by atoms with Crippen LogP contribution in [-0.4, -0.2) is 35.4 Å². The Bertz CT molecular complexity index is 331. The molecule has 1 aliphatic rings. The van der Waals surface area contributed by atoms with E-state index >= 15 is 0 Å². The van der Waals surface area contributed by atoms with Crippen LogP contribution in [0.25, 0.3) is 0 Å². The standard InChI is InChI=1S/C9H10O3S2/c1-12-7-4-5(14-2)3-6(8(7)13)9(10)11/h3-4,7H,1-2H3,(H,10,11). The molecule has 0 spiro atoms. The Morgan fingerprint density at radius 1 is 1.71 bits per heavy atom. The van der Waals surface area contributed by atoms with Crippen molar-refractivity contribution in [2.75, 3.05) is 13.4 Å². The summed E-state index contributed by atoms with van der Waals surface area (Å²) in [6.07, 6.45) is 4.87. The van der Waals surface area contributed by atoms with Gasteiger partial charge in [-0.05, 0) is 18.4 Å². The van der Waals surface area contributed by atoms with Gasteiger partial charge in [-0.15, -0.1) is 11.8 Å². The van der Waals surface area contributed by atoms with Gasteiger partial charge in [0.05, 0.1) is 10.4 Å². The van der Waals surface area contributed by atoms with Crippen LogP contribution in [0.1, 0.15) is 0 Å². The third kappa shape index (κ3) is 2.23. The van der Waals surface area contributed by atoms with Crippen LogP contribution in [0, 0.1) is 0 Å². The SMILES string of the molecule is COC1C=C(SC)C=C(C(=O)O)C1=S. The van der Waals surface area contributed by atoms with Crippen molar-refractivity contribution in [2.24, 2.45) is 0 Å². The molecule has 0 saturated heterocycles. The average Bonchev–Trinajstić information content (AvgIpc) is 2.17. The first kappa shape index (κ1) is 11.4. The summed E-state index contributed by atoms with van der Waals surface area (Å²) in [5.41, 5.74) is 0.152. The number of ether oxygens (including phenoxy) is 1. The van der Waals surface area contributed by atoms with E-state index in [1.807, 2.05) is 12.3 Å². The Balaban J connectivity index is 3.06.